The van der Waals surface area contributed by atoms with Crippen molar-refractivity contribution in [1.82, 2.24) is 19.4 Å². The van der Waals surface area contributed by atoms with Crippen molar-refractivity contribution in [3.63, 3.8) is 0 Å². The number of amides is 1. The number of nitrogens with zero attached hydrogens (tertiary/aromatic N) is 4. The van der Waals surface area contributed by atoms with Gasteiger partial charge < -0.3 is 9.64 Å². The predicted octanol–water partition coefficient (Wildman–Crippen LogP) is 2.60. The number of likely N-dealkylation sites (N-methyl/N-ethyl adjacent to an activating group) is 1. The van der Waals surface area contributed by atoms with Crippen LogP contribution in [0.15, 0.2) is 35.1 Å². The van der Waals surface area contributed by atoms with E-state index in [1.807, 2.05) is 42.8 Å². The topological polar surface area (TPSA) is 67.7 Å². The van der Waals surface area contributed by atoms with Gasteiger partial charge in [-0.25, -0.2) is 4.98 Å². The van der Waals surface area contributed by atoms with E-state index < -0.39 is 0 Å². The predicted molar refractivity (Wildman–Crippen MR) is 124 cm³/mol. The molecule has 0 N–H and O–H groups in total. The fraction of sp³-hybridized carbons (Fsp3) is 0.560. The lowest BCUT2D eigenvalue weighted by Crippen LogP contribution is -2.39. The fourth-order valence-electron chi connectivity index (χ4n) is 4.53. The Kier molecular flexibility index (Phi) is 7.25. The van der Waals surface area contributed by atoms with E-state index in [-0.39, 0.29) is 17.4 Å². The Hall–Kier alpha value is -2.67. The van der Waals surface area contributed by atoms with Crippen molar-refractivity contribution in [2.45, 2.75) is 51.5 Å². The Morgan fingerprint density at radius 1 is 1.19 bits per heavy atom. The number of carbonyl (C=O) groups is 1. The van der Waals surface area contributed by atoms with Gasteiger partial charge in [0.25, 0.3) is 5.56 Å². The molecule has 1 saturated heterocycles. The van der Waals surface area contributed by atoms with Crippen molar-refractivity contribution >= 4 is 5.91 Å². The van der Waals surface area contributed by atoms with Crippen LogP contribution in [0.2, 0.25) is 0 Å². The zero-order valence-corrected chi connectivity index (χ0v) is 19.3. The van der Waals surface area contributed by atoms with Crippen LogP contribution in [0.5, 0.6) is 5.75 Å². The van der Waals surface area contributed by atoms with Gasteiger partial charge in [0.05, 0.1) is 18.8 Å². The maximum Gasteiger partial charge on any atom is 0.253 e. The Morgan fingerprint density at radius 2 is 2.00 bits per heavy atom. The highest BCUT2D eigenvalue weighted by molar-refractivity contribution is 5.78. The van der Waals surface area contributed by atoms with E-state index in [0.29, 0.717) is 19.7 Å². The average molecular weight is 439 g/mol. The smallest absolute Gasteiger partial charge is 0.253 e. The summed E-state index contributed by atoms with van der Waals surface area (Å²) in [7, 11) is 1.82. The molecule has 2 aromatic rings. The third-order valence-electron chi connectivity index (χ3n) is 6.58. The van der Waals surface area contributed by atoms with Gasteiger partial charge in [-0.05, 0) is 44.9 Å². The summed E-state index contributed by atoms with van der Waals surface area (Å²) in [5, 5.41) is 0. The molecule has 2 aliphatic rings. The molecular formula is C25H34N4O3. The van der Waals surface area contributed by atoms with Crippen LogP contribution in [-0.4, -0.2) is 65.1 Å². The molecule has 1 aromatic carbocycles. The zero-order valence-electron chi connectivity index (χ0n) is 19.3. The quantitative estimate of drug-likeness (QED) is 0.665. The minimum atomic E-state index is 0.0785. The lowest BCUT2D eigenvalue weighted by molar-refractivity contribution is -0.131. The average Bonchev–Trinajstić information content (AvgIpc) is 3.10. The minimum Gasteiger partial charge on any atom is -0.492 e. The van der Waals surface area contributed by atoms with Crippen molar-refractivity contribution < 1.29 is 9.53 Å². The SMILES string of the molecule is Cc1ccc(OCCN(C)C(=O)CN2CCC(c3cc(=O)n4c(n3)CCCCC4)C2)cc1. The van der Waals surface area contributed by atoms with E-state index in [1.165, 1.54) is 5.56 Å². The van der Waals surface area contributed by atoms with Gasteiger partial charge in [0.15, 0.2) is 0 Å². The first-order valence-electron chi connectivity index (χ1n) is 11.8. The van der Waals surface area contributed by atoms with Crippen LogP contribution in [0.3, 0.4) is 0 Å². The summed E-state index contributed by atoms with van der Waals surface area (Å²) < 4.78 is 7.59. The molecule has 0 bridgehead atoms. The van der Waals surface area contributed by atoms with E-state index in [0.717, 1.165) is 69.0 Å². The van der Waals surface area contributed by atoms with Crippen molar-refractivity contribution in [1.29, 1.82) is 0 Å². The number of aromatic nitrogens is 2. The lowest BCUT2D eigenvalue weighted by Gasteiger charge is -2.22. The number of likely N-dealkylation sites (tertiary alicyclic amines) is 1. The van der Waals surface area contributed by atoms with Crippen LogP contribution < -0.4 is 10.3 Å². The number of carbonyl (C=O) groups excluding carboxylic acids is 1. The van der Waals surface area contributed by atoms with Gasteiger partial charge in [-0.3, -0.25) is 19.1 Å². The van der Waals surface area contributed by atoms with E-state index in [4.69, 9.17) is 9.72 Å². The highest BCUT2D eigenvalue weighted by Crippen LogP contribution is 2.26. The summed E-state index contributed by atoms with van der Waals surface area (Å²) in [4.78, 5) is 34.0. The van der Waals surface area contributed by atoms with Crippen molar-refractivity contribution in [3.8, 4) is 5.75 Å². The maximum atomic E-state index is 12.7. The van der Waals surface area contributed by atoms with Gasteiger partial charge in [-0.1, -0.05) is 24.1 Å². The first-order valence-corrected chi connectivity index (χ1v) is 11.8. The normalized spacial score (nSPS) is 18.8. The summed E-state index contributed by atoms with van der Waals surface area (Å²) in [5.74, 6) is 2.07. The molecule has 1 aromatic heterocycles. The lowest BCUT2D eigenvalue weighted by atomic mass is 10.0. The third kappa shape index (κ3) is 5.57. The molecule has 1 unspecified atom stereocenters. The Labute approximate surface area is 190 Å². The van der Waals surface area contributed by atoms with Crippen LogP contribution in [0.4, 0.5) is 0 Å². The molecule has 1 atom stereocenters. The van der Waals surface area contributed by atoms with Crippen molar-refractivity contribution in [2.75, 3.05) is 39.8 Å². The number of rotatable bonds is 7. The van der Waals surface area contributed by atoms with Crippen LogP contribution in [0.1, 0.15) is 48.7 Å². The van der Waals surface area contributed by atoms with E-state index in [9.17, 15) is 9.59 Å². The van der Waals surface area contributed by atoms with Crippen molar-refractivity contribution in [3.05, 3.63) is 57.8 Å². The van der Waals surface area contributed by atoms with Gasteiger partial charge >= 0.3 is 0 Å². The number of ether oxygens (including phenoxy) is 1. The first-order chi connectivity index (χ1) is 15.5. The van der Waals surface area contributed by atoms with Gasteiger partial charge in [0.1, 0.15) is 18.2 Å². The monoisotopic (exact) mass is 438 g/mol. The number of hydrogen-bond acceptors (Lipinski definition) is 5. The summed E-state index contributed by atoms with van der Waals surface area (Å²) in [6.07, 6.45) is 5.12. The molecule has 7 heteroatoms. The Balaban J connectivity index is 1.27. The molecule has 0 aliphatic carbocycles. The van der Waals surface area contributed by atoms with Gasteiger partial charge in [-0.15, -0.1) is 0 Å². The molecule has 7 nitrogen and oxygen atoms in total. The number of hydrogen-bond donors (Lipinski definition) is 0. The summed E-state index contributed by atoms with van der Waals surface area (Å²) in [6, 6.07) is 9.65. The largest absolute Gasteiger partial charge is 0.492 e. The summed E-state index contributed by atoms with van der Waals surface area (Å²) in [5.41, 5.74) is 2.17. The molecule has 0 spiro atoms. The Bertz CT molecular complexity index is 986. The molecule has 1 amide bonds. The van der Waals surface area contributed by atoms with Crippen LogP contribution in [0.25, 0.3) is 0 Å². The minimum absolute atomic E-state index is 0.0785. The molecule has 2 aliphatic heterocycles. The molecule has 4 rings (SSSR count). The second-order valence-electron chi connectivity index (χ2n) is 9.10. The molecule has 1 fully saturated rings. The second kappa shape index (κ2) is 10.3. The summed E-state index contributed by atoms with van der Waals surface area (Å²) in [6.45, 7) is 5.86. The van der Waals surface area contributed by atoms with Crippen LogP contribution in [-0.2, 0) is 17.8 Å². The van der Waals surface area contributed by atoms with E-state index in [1.54, 1.807) is 11.0 Å². The number of aryl methyl sites for hydroxylation is 2. The maximum absolute atomic E-state index is 12.7. The van der Waals surface area contributed by atoms with Crippen LogP contribution >= 0.6 is 0 Å². The van der Waals surface area contributed by atoms with Gasteiger partial charge in [0, 0.05) is 38.5 Å². The first kappa shape index (κ1) is 22.5. The fourth-order valence-corrected chi connectivity index (χ4v) is 4.53. The number of benzene rings is 1. The molecule has 172 valence electrons. The highest BCUT2D eigenvalue weighted by atomic mass is 16.5. The molecular weight excluding hydrogens is 404 g/mol. The second-order valence-corrected chi connectivity index (χ2v) is 9.10. The van der Waals surface area contributed by atoms with Gasteiger partial charge in [-0.2, -0.15) is 0 Å². The summed E-state index contributed by atoms with van der Waals surface area (Å²) >= 11 is 0. The molecule has 3 heterocycles. The van der Waals surface area contributed by atoms with Gasteiger partial charge in [0.2, 0.25) is 5.91 Å². The van der Waals surface area contributed by atoms with Crippen molar-refractivity contribution in [2.24, 2.45) is 0 Å². The highest BCUT2D eigenvalue weighted by Gasteiger charge is 2.28. The van der Waals surface area contributed by atoms with E-state index >= 15 is 0 Å². The molecule has 32 heavy (non-hydrogen) atoms. The Morgan fingerprint density at radius 3 is 2.81 bits per heavy atom. The zero-order chi connectivity index (χ0) is 22.5. The molecule has 0 saturated carbocycles. The van der Waals surface area contributed by atoms with Crippen LogP contribution in [0, 0.1) is 6.92 Å². The number of fused-ring (bicyclic) bond motifs is 1. The third-order valence-corrected chi connectivity index (χ3v) is 6.58. The van der Waals surface area contributed by atoms with E-state index in [2.05, 4.69) is 4.90 Å². The standard InChI is InChI=1S/C25H34N4O3/c1-19-7-9-21(10-8-19)32-15-14-27(2)25(31)18-28-13-11-20(17-28)22-16-24(30)29-12-5-3-4-6-23(29)26-22/h7-10,16,20H,3-6,11-15,17-18H2,1-2H3. The molecule has 0 radical (unpaired) electrons.